The van der Waals surface area contributed by atoms with Crippen molar-refractivity contribution in [1.29, 1.82) is 0 Å². The number of anilines is 1. The fraction of sp³-hybridized carbons (Fsp3) is 0.200. The molecule has 0 fully saturated rings. The van der Waals surface area contributed by atoms with Gasteiger partial charge in [0.2, 0.25) is 9.84 Å². The van der Waals surface area contributed by atoms with Gasteiger partial charge in [0.1, 0.15) is 0 Å². The Balaban J connectivity index is 2.04. The fourth-order valence-corrected chi connectivity index (χ4v) is 6.27. The molecule has 0 radical (unpaired) electrons. The molecule has 4 rings (SSSR count). The first kappa shape index (κ1) is 20.9. The Morgan fingerprint density at radius 3 is 2.23 bits per heavy atom. The van der Waals surface area contributed by atoms with Crippen molar-refractivity contribution < 1.29 is 8.42 Å². The van der Waals surface area contributed by atoms with E-state index in [-0.39, 0.29) is 0 Å². The first-order chi connectivity index (χ1) is 14.5. The third-order valence-corrected chi connectivity index (χ3v) is 7.82. The highest BCUT2D eigenvalue weighted by atomic mass is 79.9. The molecular formula is C25H24BrNO2S. The van der Waals surface area contributed by atoms with Gasteiger partial charge >= 0.3 is 0 Å². The van der Waals surface area contributed by atoms with Gasteiger partial charge in [0.25, 0.3) is 0 Å². The van der Waals surface area contributed by atoms with E-state index in [9.17, 15) is 8.42 Å². The van der Waals surface area contributed by atoms with Gasteiger partial charge in [-0.2, -0.15) is 0 Å². The molecule has 0 unspecified atom stereocenters. The highest BCUT2D eigenvalue weighted by Crippen LogP contribution is 2.42. The third kappa shape index (κ3) is 3.84. The van der Waals surface area contributed by atoms with Crippen LogP contribution in [0.15, 0.2) is 88.7 Å². The van der Waals surface area contributed by atoms with Gasteiger partial charge in [-0.15, -0.1) is 0 Å². The molecule has 0 saturated heterocycles. The SMILES string of the molecule is Cc1cc(S(=O)(=O)c2ccccc2)c(-c2ccccc2)c(CBr)c1N1CC=CCC1. The molecular weight excluding hydrogens is 458 g/mol. The summed E-state index contributed by atoms with van der Waals surface area (Å²) in [6, 6.07) is 20.4. The van der Waals surface area contributed by atoms with Crippen molar-refractivity contribution in [2.75, 3.05) is 18.0 Å². The van der Waals surface area contributed by atoms with Crippen LogP contribution in [-0.4, -0.2) is 21.5 Å². The second-order valence-electron chi connectivity index (χ2n) is 7.42. The number of aryl methyl sites for hydroxylation is 1. The van der Waals surface area contributed by atoms with Gasteiger partial charge in [0.15, 0.2) is 0 Å². The van der Waals surface area contributed by atoms with Gasteiger partial charge < -0.3 is 4.90 Å². The van der Waals surface area contributed by atoms with Gasteiger partial charge in [-0.3, -0.25) is 0 Å². The van der Waals surface area contributed by atoms with Gasteiger partial charge in [-0.05, 0) is 48.2 Å². The summed E-state index contributed by atoms with van der Waals surface area (Å²) in [5.74, 6) is 0. The van der Waals surface area contributed by atoms with Crippen LogP contribution in [0, 0.1) is 6.92 Å². The van der Waals surface area contributed by atoms with E-state index >= 15 is 0 Å². The smallest absolute Gasteiger partial charge is 0.207 e. The van der Waals surface area contributed by atoms with Crippen LogP contribution in [0.25, 0.3) is 11.1 Å². The zero-order valence-corrected chi connectivity index (χ0v) is 19.3. The monoisotopic (exact) mass is 481 g/mol. The lowest BCUT2D eigenvalue weighted by atomic mass is 9.95. The van der Waals surface area contributed by atoms with Crippen LogP contribution in [0.2, 0.25) is 0 Å². The zero-order valence-electron chi connectivity index (χ0n) is 16.9. The van der Waals surface area contributed by atoms with E-state index in [1.165, 1.54) is 0 Å². The summed E-state index contributed by atoms with van der Waals surface area (Å²) in [6.07, 6.45) is 5.37. The summed E-state index contributed by atoms with van der Waals surface area (Å²) in [5, 5.41) is 0.575. The Morgan fingerprint density at radius 2 is 1.63 bits per heavy atom. The maximum Gasteiger partial charge on any atom is 0.207 e. The molecule has 0 atom stereocenters. The van der Waals surface area contributed by atoms with Crippen LogP contribution in [0.4, 0.5) is 5.69 Å². The molecule has 3 aromatic rings. The van der Waals surface area contributed by atoms with Gasteiger partial charge in [0, 0.05) is 29.7 Å². The number of nitrogens with zero attached hydrogens (tertiary/aromatic N) is 1. The molecule has 0 bridgehead atoms. The predicted molar refractivity (Wildman–Crippen MR) is 127 cm³/mol. The molecule has 5 heteroatoms. The molecule has 0 aromatic heterocycles. The zero-order chi connectivity index (χ0) is 21.1. The average Bonchev–Trinajstić information content (AvgIpc) is 2.80. The van der Waals surface area contributed by atoms with Crippen molar-refractivity contribution in [2.24, 2.45) is 0 Å². The average molecular weight is 482 g/mol. The Morgan fingerprint density at radius 1 is 0.967 bits per heavy atom. The van der Waals surface area contributed by atoms with E-state index in [0.717, 1.165) is 47.5 Å². The second kappa shape index (κ2) is 8.78. The first-order valence-electron chi connectivity index (χ1n) is 10.0. The molecule has 1 aliphatic rings. The topological polar surface area (TPSA) is 37.4 Å². The van der Waals surface area contributed by atoms with Crippen LogP contribution in [-0.2, 0) is 15.2 Å². The lowest BCUT2D eigenvalue weighted by Crippen LogP contribution is -2.29. The molecule has 154 valence electrons. The van der Waals surface area contributed by atoms with E-state index in [1.807, 2.05) is 49.4 Å². The fourth-order valence-electron chi connectivity index (χ4n) is 4.12. The standard InChI is InChI=1S/C25H24BrNO2S/c1-19-17-23(30(28,29)21-13-7-3-8-14-21)24(20-11-5-2-6-12-20)22(18-26)25(19)27-15-9-4-10-16-27/h2-9,11-14,17H,10,15-16,18H2,1H3. The highest BCUT2D eigenvalue weighted by Gasteiger charge is 2.28. The lowest BCUT2D eigenvalue weighted by molar-refractivity contribution is 0.596. The maximum atomic E-state index is 13.7. The van der Waals surface area contributed by atoms with Crippen LogP contribution in [0.5, 0.6) is 0 Å². The van der Waals surface area contributed by atoms with E-state index in [0.29, 0.717) is 15.1 Å². The minimum absolute atomic E-state index is 0.316. The Labute approximate surface area is 187 Å². The van der Waals surface area contributed by atoms with Gasteiger partial charge in [-0.25, -0.2) is 8.42 Å². The summed E-state index contributed by atoms with van der Waals surface area (Å²) >= 11 is 3.67. The first-order valence-corrected chi connectivity index (χ1v) is 12.6. The van der Waals surface area contributed by atoms with Crippen LogP contribution in [0.3, 0.4) is 0 Å². The van der Waals surface area contributed by atoms with Crippen molar-refractivity contribution in [3.8, 4) is 11.1 Å². The van der Waals surface area contributed by atoms with Crippen molar-refractivity contribution in [3.05, 3.63) is 90.0 Å². The molecule has 0 saturated carbocycles. The van der Waals surface area contributed by atoms with Crippen molar-refractivity contribution in [3.63, 3.8) is 0 Å². The molecule has 1 aliphatic heterocycles. The minimum Gasteiger partial charge on any atom is -0.367 e. The van der Waals surface area contributed by atoms with Crippen molar-refractivity contribution >= 4 is 31.5 Å². The third-order valence-electron chi connectivity index (χ3n) is 5.47. The summed E-state index contributed by atoms with van der Waals surface area (Å²) in [5.41, 5.74) is 4.82. The van der Waals surface area contributed by atoms with Gasteiger partial charge in [0.05, 0.1) is 9.79 Å². The van der Waals surface area contributed by atoms with Gasteiger partial charge in [-0.1, -0.05) is 76.6 Å². The highest BCUT2D eigenvalue weighted by molar-refractivity contribution is 9.08. The molecule has 3 aromatic carbocycles. The molecule has 1 heterocycles. The molecule has 0 amide bonds. The number of alkyl halides is 1. The van der Waals surface area contributed by atoms with Crippen molar-refractivity contribution in [2.45, 2.75) is 28.5 Å². The number of rotatable bonds is 5. The van der Waals surface area contributed by atoms with Crippen molar-refractivity contribution in [1.82, 2.24) is 0 Å². The van der Waals surface area contributed by atoms with E-state index < -0.39 is 9.84 Å². The number of halogens is 1. The Kier molecular flexibility index (Phi) is 6.11. The summed E-state index contributed by atoms with van der Waals surface area (Å²) in [7, 11) is -3.67. The van der Waals surface area contributed by atoms with Crippen LogP contribution < -0.4 is 4.90 Å². The van der Waals surface area contributed by atoms with E-state index in [4.69, 9.17) is 0 Å². The summed E-state index contributed by atoms with van der Waals surface area (Å²) in [6.45, 7) is 3.77. The Hall–Kier alpha value is -2.37. The quantitative estimate of drug-likeness (QED) is 0.323. The van der Waals surface area contributed by atoms with E-state index in [2.05, 4.69) is 33.0 Å². The number of hydrogen-bond acceptors (Lipinski definition) is 3. The molecule has 0 aliphatic carbocycles. The lowest BCUT2D eigenvalue weighted by Gasteiger charge is -2.31. The normalized spacial score (nSPS) is 14.1. The summed E-state index contributed by atoms with van der Waals surface area (Å²) < 4.78 is 27.4. The molecule has 3 nitrogen and oxygen atoms in total. The molecule has 30 heavy (non-hydrogen) atoms. The molecule has 0 spiro atoms. The van der Waals surface area contributed by atoms with Crippen LogP contribution >= 0.6 is 15.9 Å². The summed E-state index contributed by atoms with van der Waals surface area (Å²) in [4.78, 5) is 3.02. The molecule has 0 N–H and O–H groups in total. The van der Waals surface area contributed by atoms with E-state index in [1.54, 1.807) is 24.3 Å². The Bertz CT molecular complexity index is 1170. The predicted octanol–water partition coefficient (Wildman–Crippen LogP) is 6.16. The second-order valence-corrected chi connectivity index (χ2v) is 9.89. The minimum atomic E-state index is -3.67. The maximum absolute atomic E-state index is 13.7. The number of benzene rings is 3. The van der Waals surface area contributed by atoms with Crippen LogP contribution in [0.1, 0.15) is 17.5 Å². The number of sulfone groups is 1. The largest absolute Gasteiger partial charge is 0.367 e. The number of hydrogen-bond donors (Lipinski definition) is 0.